The molecule has 12 rings (SSSR count). The van der Waals surface area contributed by atoms with E-state index in [1.807, 2.05) is 0 Å². The molecule has 0 amide bonds. The molecule has 0 unspecified atom stereocenters. The molecule has 0 radical (unpaired) electrons. The highest BCUT2D eigenvalue weighted by atomic mass is 28.3. The minimum Gasteiger partial charge on any atom is -0.310 e. The van der Waals surface area contributed by atoms with Crippen LogP contribution in [0.15, 0.2) is 218 Å². The van der Waals surface area contributed by atoms with Gasteiger partial charge in [0.25, 0.3) is 0 Å². The predicted octanol–water partition coefficient (Wildman–Crippen LogP) is 20.8. The van der Waals surface area contributed by atoms with Crippen molar-refractivity contribution < 1.29 is 0 Å². The van der Waals surface area contributed by atoms with Crippen molar-refractivity contribution in [1.82, 2.24) is 0 Å². The summed E-state index contributed by atoms with van der Waals surface area (Å²) in [5.74, 6) is 0. The van der Waals surface area contributed by atoms with Crippen molar-refractivity contribution in [2.24, 2.45) is 0 Å². The Balaban J connectivity index is 1.25. The number of anilines is 6. The van der Waals surface area contributed by atoms with Crippen LogP contribution >= 0.6 is 0 Å². The maximum Gasteiger partial charge on any atom is 0.0775 e. The lowest BCUT2D eigenvalue weighted by Gasteiger charge is -2.32. The highest BCUT2D eigenvalue weighted by molar-refractivity contribution is 6.89. The molecule has 0 aromatic heterocycles. The second-order valence-corrected chi connectivity index (χ2v) is 36.0. The fourth-order valence-corrected chi connectivity index (χ4v) is 14.3. The summed E-state index contributed by atoms with van der Waals surface area (Å²) in [4.78, 5) is 5.08. The van der Waals surface area contributed by atoms with Gasteiger partial charge in [-0.3, -0.25) is 0 Å². The molecule has 0 N–H and O–H groups in total. The first-order valence-corrected chi connectivity index (χ1v) is 35.0. The summed E-state index contributed by atoms with van der Waals surface area (Å²) < 4.78 is 0. The zero-order valence-electron chi connectivity index (χ0n) is 47.7. The first-order chi connectivity index (χ1) is 37.2. The van der Waals surface area contributed by atoms with Gasteiger partial charge in [0.2, 0.25) is 0 Å². The zero-order valence-corrected chi connectivity index (χ0v) is 49.7. The summed E-state index contributed by atoms with van der Waals surface area (Å²) in [6.45, 7) is 28.4. The topological polar surface area (TPSA) is 6.48 Å². The molecule has 12 aromatic rings. The molecule has 0 aliphatic rings. The molecule has 0 atom stereocenters. The molecule has 0 heterocycles. The third-order valence-corrected chi connectivity index (χ3v) is 20.6. The molecule has 0 saturated carbocycles. The summed E-state index contributed by atoms with van der Waals surface area (Å²) in [6.07, 6.45) is 0. The Morgan fingerprint density at radius 3 is 0.923 bits per heavy atom. The first-order valence-electron chi connectivity index (χ1n) is 28.0. The highest BCUT2D eigenvalue weighted by Gasteiger charge is 2.28. The van der Waals surface area contributed by atoms with Crippen molar-refractivity contribution >= 4 is 115 Å². The largest absolute Gasteiger partial charge is 0.310 e. The minimum atomic E-state index is -1.60. The maximum absolute atomic E-state index is 2.54. The molecule has 0 saturated heterocycles. The van der Waals surface area contributed by atoms with Crippen LogP contribution in [-0.4, -0.2) is 16.1 Å². The number of hydrogen-bond donors (Lipinski definition) is 0. The standard InChI is InChI=1S/C74H72N2Si2/c1-73(2,3)51-27-31-53(32-28-51)75(55-35-39-57(40-36-55)77(7,8)9)69-47-67(61-25-17-21-49-19-13-15-23-59(49)61)63-44-46-66-70(76(54-33-29-52(30-34-54)74(4,5)6)56-37-41-58(42-38-56)78(10,11)12)48-68(64-43-45-65(69)71(63)72(64)66)62-26-18-22-50-20-14-16-24-60(50)62/h13-48H,1-12H3. The Labute approximate surface area is 465 Å². The van der Waals surface area contributed by atoms with Crippen LogP contribution in [0.2, 0.25) is 39.3 Å². The molecular formula is C74H72N2Si2. The van der Waals surface area contributed by atoms with Crippen LogP contribution in [0.25, 0.3) is 76.1 Å². The van der Waals surface area contributed by atoms with E-state index in [2.05, 4.69) is 309 Å². The summed E-state index contributed by atoms with van der Waals surface area (Å²) in [6, 6.07) is 83.9. The van der Waals surface area contributed by atoms with Crippen LogP contribution in [0.5, 0.6) is 0 Å². The fourth-order valence-electron chi connectivity index (χ4n) is 12.0. The van der Waals surface area contributed by atoms with Crippen molar-refractivity contribution in [2.75, 3.05) is 9.80 Å². The second-order valence-electron chi connectivity index (χ2n) is 25.9. The first kappa shape index (κ1) is 51.0. The number of rotatable bonds is 10. The SMILES string of the molecule is CC(C)(C)c1ccc(N(c2ccc([Si](C)(C)C)cc2)c2cc(-c3cccc4ccccc34)c3ccc4c(N(c5ccc(C(C)(C)C)cc5)c5ccc([Si](C)(C)C)cc5)cc(-c5cccc6ccccc56)c5ccc2c3c54)cc1. The average Bonchev–Trinajstić information content (AvgIpc) is 3.55. The minimum absolute atomic E-state index is 0.00917. The van der Waals surface area contributed by atoms with E-state index in [4.69, 9.17) is 0 Å². The van der Waals surface area contributed by atoms with Gasteiger partial charge in [0.1, 0.15) is 0 Å². The van der Waals surface area contributed by atoms with Gasteiger partial charge in [-0.1, -0.05) is 249 Å². The highest BCUT2D eigenvalue weighted by Crippen LogP contribution is 2.53. The normalized spacial score (nSPS) is 12.6. The van der Waals surface area contributed by atoms with E-state index >= 15 is 0 Å². The van der Waals surface area contributed by atoms with E-state index in [0.717, 1.165) is 34.1 Å². The molecule has 0 spiro atoms. The summed E-state index contributed by atoms with van der Waals surface area (Å²) in [7, 11) is -3.21. The van der Waals surface area contributed by atoms with E-state index < -0.39 is 16.1 Å². The number of hydrogen-bond acceptors (Lipinski definition) is 2. The molecule has 12 aromatic carbocycles. The van der Waals surface area contributed by atoms with Gasteiger partial charge in [0.05, 0.1) is 27.5 Å². The maximum atomic E-state index is 2.54. The van der Waals surface area contributed by atoms with E-state index in [1.54, 1.807) is 0 Å². The molecule has 386 valence electrons. The van der Waals surface area contributed by atoms with Crippen molar-refractivity contribution in [2.45, 2.75) is 91.7 Å². The van der Waals surface area contributed by atoms with Gasteiger partial charge in [-0.05, 0) is 137 Å². The van der Waals surface area contributed by atoms with E-state index in [9.17, 15) is 0 Å². The van der Waals surface area contributed by atoms with Crippen LogP contribution in [0, 0.1) is 0 Å². The van der Waals surface area contributed by atoms with Crippen LogP contribution in [0.3, 0.4) is 0 Å². The second kappa shape index (κ2) is 19.0. The lowest BCUT2D eigenvalue weighted by Crippen LogP contribution is -2.37. The van der Waals surface area contributed by atoms with Gasteiger partial charge >= 0.3 is 0 Å². The number of nitrogens with zero attached hydrogens (tertiary/aromatic N) is 2. The molecule has 0 bridgehead atoms. The lowest BCUT2D eigenvalue weighted by atomic mass is 9.83. The fraction of sp³-hybridized carbons (Fsp3) is 0.189. The average molecular weight is 1050 g/mol. The third-order valence-electron chi connectivity index (χ3n) is 16.5. The Morgan fingerprint density at radius 1 is 0.282 bits per heavy atom. The van der Waals surface area contributed by atoms with E-state index in [0.29, 0.717) is 0 Å². The van der Waals surface area contributed by atoms with E-state index in [1.165, 1.54) is 97.6 Å². The summed E-state index contributed by atoms with van der Waals surface area (Å²) in [5, 5.41) is 15.3. The van der Waals surface area contributed by atoms with Gasteiger partial charge in [0.15, 0.2) is 0 Å². The van der Waals surface area contributed by atoms with E-state index in [-0.39, 0.29) is 10.8 Å². The molecule has 0 fully saturated rings. The molecular weight excluding hydrogens is 973 g/mol. The summed E-state index contributed by atoms with van der Waals surface area (Å²) in [5.41, 5.74) is 14.4. The van der Waals surface area contributed by atoms with Crippen molar-refractivity contribution in [3.05, 3.63) is 230 Å². The molecule has 0 aliphatic carbocycles. The number of benzene rings is 12. The monoisotopic (exact) mass is 1040 g/mol. The van der Waals surface area contributed by atoms with Crippen molar-refractivity contribution in [3.63, 3.8) is 0 Å². The lowest BCUT2D eigenvalue weighted by molar-refractivity contribution is 0.590. The van der Waals surface area contributed by atoms with Gasteiger partial charge in [0, 0.05) is 44.3 Å². The predicted molar refractivity (Wildman–Crippen MR) is 349 cm³/mol. The van der Waals surface area contributed by atoms with Crippen LogP contribution in [0.1, 0.15) is 52.7 Å². The van der Waals surface area contributed by atoms with Gasteiger partial charge in [-0.25, -0.2) is 0 Å². The Bertz CT molecular complexity index is 3800. The molecule has 2 nitrogen and oxygen atoms in total. The Morgan fingerprint density at radius 2 is 0.590 bits per heavy atom. The van der Waals surface area contributed by atoms with Crippen LogP contribution in [-0.2, 0) is 10.8 Å². The smallest absolute Gasteiger partial charge is 0.0775 e. The molecule has 4 heteroatoms. The zero-order chi connectivity index (χ0) is 54.5. The van der Waals surface area contributed by atoms with Crippen LogP contribution < -0.4 is 20.2 Å². The third kappa shape index (κ3) is 9.09. The van der Waals surface area contributed by atoms with Crippen molar-refractivity contribution in [1.29, 1.82) is 0 Å². The van der Waals surface area contributed by atoms with Crippen molar-refractivity contribution in [3.8, 4) is 22.3 Å². The Kier molecular flexibility index (Phi) is 12.4. The van der Waals surface area contributed by atoms with Gasteiger partial charge in [-0.2, -0.15) is 0 Å². The number of fused-ring (bicyclic) bond motifs is 2. The van der Waals surface area contributed by atoms with Gasteiger partial charge < -0.3 is 9.80 Å². The Hall–Kier alpha value is -7.77. The molecule has 0 aliphatic heterocycles. The molecule has 78 heavy (non-hydrogen) atoms. The van der Waals surface area contributed by atoms with Crippen LogP contribution in [0.4, 0.5) is 34.1 Å². The van der Waals surface area contributed by atoms with Gasteiger partial charge in [-0.15, -0.1) is 0 Å². The summed E-state index contributed by atoms with van der Waals surface area (Å²) >= 11 is 0. The quantitative estimate of drug-likeness (QED) is 0.0995.